The molecule has 1 saturated carbocycles. The molecular weight excluding hydrogens is 344 g/mol. The van der Waals surface area contributed by atoms with Crippen molar-refractivity contribution in [1.29, 1.82) is 0 Å². The minimum Gasteiger partial charge on any atom is -0.497 e. The van der Waals surface area contributed by atoms with Gasteiger partial charge < -0.3 is 19.5 Å². The van der Waals surface area contributed by atoms with Crippen LogP contribution in [0, 0.1) is 5.92 Å². The number of fused-ring (bicyclic) bond motifs is 1. The Morgan fingerprint density at radius 3 is 2.89 bits per heavy atom. The fourth-order valence-electron chi connectivity index (χ4n) is 6.59. The molecule has 0 amide bonds. The van der Waals surface area contributed by atoms with E-state index in [2.05, 4.69) is 28.0 Å². The Bertz CT molecular complexity index is 839. The molecule has 5 atom stereocenters. The molecule has 3 aliphatic heterocycles. The summed E-state index contributed by atoms with van der Waals surface area (Å²) >= 11 is 0. The van der Waals surface area contributed by atoms with E-state index < -0.39 is 11.6 Å². The van der Waals surface area contributed by atoms with E-state index in [4.69, 9.17) is 9.47 Å². The van der Waals surface area contributed by atoms with Crippen molar-refractivity contribution in [3.63, 3.8) is 0 Å². The van der Waals surface area contributed by atoms with E-state index in [0.717, 1.165) is 30.9 Å². The third-order valence-corrected chi connectivity index (χ3v) is 7.36. The van der Waals surface area contributed by atoms with E-state index in [1.54, 1.807) is 7.11 Å². The number of ether oxygens (including phenoxy) is 2. The Balaban J connectivity index is 1.77. The van der Waals surface area contributed by atoms with Gasteiger partial charge in [0, 0.05) is 36.8 Å². The normalized spacial score (nSPS) is 39.0. The van der Waals surface area contributed by atoms with Crippen LogP contribution in [0.25, 0.3) is 0 Å². The number of likely N-dealkylation sites (N-methyl/N-ethyl adjacent to an activating group) is 1. The SMILES string of the molecule is COC(=O)[C@@]1(O)C[C@@H]2C=CCN3CC[C@@]4(c5ccc(OC)cc5N(C)[C@H]41)[C@H]23. The van der Waals surface area contributed by atoms with Gasteiger partial charge in [0.05, 0.1) is 20.3 Å². The second kappa shape index (κ2) is 5.49. The summed E-state index contributed by atoms with van der Waals surface area (Å²) in [6.07, 6.45) is 5.68. The molecule has 1 aliphatic carbocycles. The van der Waals surface area contributed by atoms with Crippen LogP contribution in [0.3, 0.4) is 0 Å². The van der Waals surface area contributed by atoms with Crippen LogP contribution in [0.15, 0.2) is 30.4 Å². The number of carbonyl (C=O) groups is 1. The van der Waals surface area contributed by atoms with Crippen molar-refractivity contribution in [2.24, 2.45) is 5.92 Å². The van der Waals surface area contributed by atoms with Gasteiger partial charge in [0.15, 0.2) is 5.60 Å². The standard InChI is InChI=1S/C21H26N2O4/c1-22-16-11-14(26-2)6-7-15(16)20-8-10-23-9-4-5-13(17(20)23)12-21(25,18(20)22)19(24)27-3/h4-7,11,13,17-18,25H,8-10,12H2,1-3H3/t13-,17-,18+,20+,21+/m0/s1. The molecule has 1 spiro atoms. The quantitative estimate of drug-likeness (QED) is 0.626. The Morgan fingerprint density at radius 1 is 1.33 bits per heavy atom. The monoisotopic (exact) mass is 370 g/mol. The lowest BCUT2D eigenvalue weighted by molar-refractivity contribution is -0.174. The van der Waals surface area contributed by atoms with Gasteiger partial charge in [-0.15, -0.1) is 0 Å². The number of anilines is 1. The average molecular weight is 370 g/mol. The maximum atomic E-state index is 12.8. The van der Waals surface area contributed by atoms with Crippen molar-refractivity contribution in [3.05, 3.63) is 35.9 Å². The van der Waals surface area contributed by atoms with Gasteiger partial charge >= 0.3 is 5.97 Å². The molecule has 1 aromatic carbocycles. The lowest BCUT2D eigenvalue weighted by atomic mass is 9.55. The number of esters is 1. The highest BCUT2D eigenvalue weighted by molar-refractivity contribution is 5.84. The zero-order chi connectivity index (χ0) is 19.0. The molecule has 1 saturated heterocycles. The van der Waals surface area contributed by atoms with E-state index >= 15 is 0 Å². The number of nitrogens with zero attached hydrogens (tertiary/aromatic N) is 2. The smallest absolute Gasteiger partial charge is 0.340 e. The topological polar surface area (TPSA) is 62.2 Å². The van der Waals surface area contributed by atoms with E-state index in [1.165, 1.54) is 12.7 Å². The maximum absolute atomic E-state index is 12.8. The van der Waals surface area contributed by atoms with Crippen LogP contribution in [0.4, 0.5) is 5.69 Å². The molecule has 2 fully saturated rings. The van der Waals surface area contributed by atoms with Crippen LogP contribution in [0.1, 0.15) is 18.4 Å². The van der Waals surface area contributed by atoms with Crippen molar-refractivity contribution >= 4 is 11.7 Å². The first-order valence-electron chi connectivity index (χ1n) is 9.60. The van der Waals surface area contributed by atoms with Crippen molar-refractivity contribution in [2.45, 2.75) is 35.9 Å². The number of aliphatic hydroxyl groups is 1. The van der Waals surface area contributed by atoms with Crippen LogP contribution in [-0.2, 0) is 14.9 Å². The van der Waals surface area contributed by atoms with Gasteiger partial charge in [0.2, 0.25) is 0 Å². The highest BCUT2D eigenvalue weighted by atomic mass is 16.5. The third kappa shape index (κ3) is 1.90. The Morgan fingerprint density at radius 2 is 2.15 bits per heavy atom. The highest BCUT2D eigenvalue weighted by Crippen LogP contribution is 2.62. The average Bonchev–Trinajstić information content (AvgIpc) is 3.19. The van der Waals surface area contributed by atoms with Gasteiger partial charge in [-0.25, -0.2) is 4.79 Å². The minimum absolute atomic E-state index is 0.128. The molecule has 5 rings (SSSR count). The molecule has 6 nitrogen and oxygen atoms in total. The summed E-state index contributed by atoms with van der Waals surface area (Å²) in [5.74, 6) is 0.379. The van der Waals surface area contributed by atoms with Crippen LogP contribution in [0.2, 0.25) is 0 Å². The largest absolute Gasteiger partial charge is 0.497 e. The number of hydrogen-bond acceptors (Lipinski definition) is 6. The van der Waals surface area contributed by atoms with Crippen molar-refractivity contribution in [3.8, 4) is 5.75 Å². The highest BCUT2D eigenvalue weighted by Gasteiger charge is 2.71. The molecule has 1 N–H and O–H groups in total. The number of carbonyl (C=O) groups excluding carboxylic acids is 1. The van der Waals surface area contributed by atoms with Crippen molar-refractivity contribution in [1.82, 2.24) is 4.90 Å². The molecule has 0 bridgehead atoms. The molecule has 6 heteroatoms. The molecular formula is C21H26N2O4. The van der Waals surface area contributed by atoms with Crippen molar-refractivity contribution < 1.29 is 19.4 Å². The fraction of sp³-hybridized carbons (Fsp3) is 0.571. The second-order valence-corrected chi connectivity index (χ2v) is 8.34. The van der Waals surface area contributed by atoms with Gasteiger partial charge in [-0.3, -0.25) is 4.90 Å². The van der Waals surface area contributed by atoms with E-state index in [0.29, 0.717) is 6.42 Å². The van der Waals surface area contributed by atoms with Crippen LogP contribution in [-0.4, -0.2) is 68.0 Å². The maximum Gasteiger partial charge on any atom is 0.340 e. The summed E-state index contributed by atoms with van der Waals surface area (Å²) in [6, 6.07) is 6.08. The number of rotatable bonds is 2. The molecule has 0 aromatic heterocycles. The summed E-state index contributed by atoms with van der Waals surface area (Å²) in [5, 5.41) is 11.7. The minimum atomic E-state index is -1.55. The summed E-state index contributed by atoms with van der Waals surface area (Å²) in [6.45, 7) is 1.90. The Kier molecular flexibility index (Phi) is 3.47. The van der Waals surface area contributed by atoms with Crippen molar-refractivity contribution in [2.75, 3.05) is 39.3 Å². The van der Waals surface area contributed by atoms with Gasteiger partial charge in [-0.1, -0.05) is 18.2 Å². The van der Waals surface area contributed by atoms with Crippen LogP contribution >= 0.6 is 0 Å². The molecule has 144 valence electrons. The predicted octanol–water partition coefficient (Wildman–Crippen LogP) is 1.32. The molecule has 0 unspecified atom stereocenters. The summed E-state index contributed by atoms with van der Waals surface area (Å²) < 4.78 is 10.5. The number of methoxy groups -OCH3 is 2. The second-order valence-electron chi connectivity index (χ2n) is 8.34. The van der Waals surface area contributed by atoms with Crippen LogP contribution < -0.4 is 9.64 Å². The first-order valence-corrected chi connectivity index (χ1v) is 9.60. The zero-order valence-electron chi connectivity index (χ0n) is 16.0. The number of benzene rings is 1. The molecule has 1 aromatic rings. The zero-order valence-corrected chi connectivity index (χ0v) is 16.0. The number of hydrogen-bond donors (Lipinski definition) is 1. The summed E-state index contributed by atoms with van der Waals surface area (Å²) in [5.41, 5.74) is 0.408. The van der Waals surface area contributed by atoms with E-state index in [1.807, 2.05) is 19.2 Å². The molecule has 4 aliphatic rings. The molecule has 27 heavy (non-hydrogen) atoms. The third-order valence-electron chi connectivity index (χ3n) is 7.36. The van der Waals surface area contributed by atoms with Gasteiger partial charge in [0.1, 0.15) is 5.75 Å². The first-order chi connectivity index (χ1) is 13.0. The Hall–Kier alpha value is -2.05. The lowest BCUT2D eigenvalue weighted by Crippen LogP contribution is -2.71. The van der Waals surface area contributed by atoms with Gasteiger partial charge in [0.25, 0.3) is 0 Å². The summed E-state index contributed by atoms with van der Waals surface area (Å²) in [4.78, 5) is 17.4. The van der Waals surface area contributed by atoms with Gasteiger partial charge in [-0.2, -0.15) is 0 Å². The fourth-order valence-corrected chi connectivity index (χ4v) is 6.59. The predicted molar refractivity (Wildman–Crippen MR) is 101 cm³/mol. The van der Waals surface area contributed by atoms with Crippen LogP contribution in [0.5, 0.6) is 5.75 Å². The molecule has 0 radical (unpaired) electrons. The lowest BCUT2D eigenvalue weighted by Gasteiger charge is -2.55. The Labute approximate surface area is 159 Å². The van der Waals surface area contributed by atoms with E-state index in [-0.39, 0.29) is 23.4 Å². The van der Waals surface area contributed by atoms with Gasteiger partial charge in [-0.05, 0) is 36.9 Å². The first kappa shape index (κ1) is 17.1. The van der Waals surface area contributed by atoms with E-state index in [9.17, 15) is 9.90 Å². The summed E-state index contributed by atoms with van der Waals surface area (Å²) in [7, 11) is 5.00. The molecule has 3 heterocycles.